The Morgan fingerprint density at radius 3 is 2.14 bits per heavy atom. The minimum Gasteiger partial charge on any atom is -0.382 e. The lowest BCUT2D eigenvalue weighted by molar-refractivity contribution is 0.598. The zero-order valence-electron chi connectivity index (χ0n) is 15.6. The second-order valence-corrected chi connectivity index (χ2v) is 7.74. The predicted octanol–water partition coefficient (Wildman–Crippen LogP) is 1.80. The van der Waals surface area contributed by atoms with Gasteiger partial charge in [-0.15, -0.1) is 0 Å². The molecule has 9 N–H and O–H groups in total. The zero-order chi connectivity index (χ0) is 21.0. The van der Waals surface area contributed by atoms with Gasteiger partial charge in [0.25, 0.3) is 0 Å². The van der Waals surface area contributed by atoms with Crippen LogP contribution in [0, 0.1) is 0 Å². The molecule has 0 aliphatic rings. The van der Waals surface area contributed by atoms with Crippen LogP contribution in [-0.4, -0.2) is 20.4 Å². The van der Waals surface area contributed by atoms with Crippen LogP contribution >= 0.6 is 0 Å². The molecule has 0 fully saturated rings. The topological polar surface area (TPSA) is 164 Å². The largest absolute Gasteiger partial charge is 0.382 e. The Morgan fingerprint density at radius 2 is 1.52 bits per heavy atom. The number of nitrogens with two attached hydrogens (primary N) is 3. The molecule has 3 rings (SSSR count). The lowest BCUT2D eigenvalue weighted by atomic mass is 10.3. The number of rotatable bonds is 7. The fourth-order valence-corrected chi connectivity index (χ4v) is 3.01. The van der Waals surface area contributed by atoms with Crippen molar-refractivity contribution >= 4 is 44.4 Å². The molecule has 10 nitrogen and oxygen atoms in total. The molecule has 11 heteroatoms. The van der Waals surface area contributed by atoms with Gasteiger partial charge >= 0.3 is 0 Å². The molecule has 29 heavy (non-hydrogen) atoms. The second-order valence-electron chi connectivity index (χ2n) is 6.18. The molecule has 0 aliphatic heterocycles. The molecule has 0 saturated carbocycles. The third-order valence-electron chi connectivity index (χ3n) is 4.04. The van der Waals surface area contributed by atoms with E-state index in [2.05, 4.69) is 21.3 Å². The molecular formula is C18H22N8O2S. The number of nitrogens with zero attached hydrogens (tertiary/aromatic N) is 2. The molecule has 0 atom stereocenters. The molecule has 152 valence electrons. The smallest absolute Gasteiger partial charge is 0.238 e. The summed E-state index contributed by atoms with van der Waals surface area (Å²) < 4.78 is 22.6. The SMILES string of the molecule is CN(Nc1cc(NNc2ccc(S(N)(=O)=O)cc2)c(N)nc1N)c1ccccc1. The fraction of sp³-hybridized carbons (Fsp3) is 0.0556. The first-order chi connectivity index (χ1) is 13.7. The van der Waals surface area contributed by atoms with Crippen LogP contribution in [-0.2, 0) is 10.0 Å². The molecule has 0 bridgehead atoms. The minimum atomic E-state index is -3.74. The van der Waals surface area contributed by atoms with Crippen LogP contribution in [0.15, 0.2) is 65.6 Å². The highest BCUT2D eigenvalue weighted by Gasteiger charge is 2.11. The summed E-state index contributed by atoms with van der Waals surface area (Å²) in [5.41, 5.74) is 23.5. The molecule has 0 radical (unpaired) electrons. The summed E-state index contributed by atoms with van der Waals surface area (Å²) in [6.07, 6.45) is 0. The Balaban J connectivity index is 1.73. The van der Waals surface area contributed by atoms with E-state index in [-0.39, 0.29) is 16.5 Å². The maximum absolute atomic E-state index is 11.3. The van der Waals surface area contributed by atoms with Gasteiger partial charge in [0, 0.05) is 7.05 Å². The first-order valence-corrected chi connectivity index (χ1v) is 10.0. The van der Waals surface area contributed by atoms with Gasteiger partial charge in [0.05, 0.1) is 27.6 Å². The minimum absolute atomic E-state index is 0.0205. The molecule has 1 aromatic heterocycles. The van der Waals surface area contributed by atoms with E-state index in [1.54, 1.807) is 23.2 Å². The van der Waals surface area contributed by atoms with E-state index >= 15 is 0 Å². The lowest BCUT2D eigenvalue weighted by Gasteiger charge is -2.23. The summed E-state index contributed by atoms with van der Waals surface area (Å²) in [4.78, 5) is 4.17. The van der Waals surface area contributed by atoms with Gasteiger partial charge in [-0.05, 0) is 42.5 Å². The number of nitrogens with one attached hydrogen (secondary N) is 3. The van der Waals surface area contributed by atoms with E-state index in [1.807, 2.05) is 37.4 Å². The molecule has 2 aromatic carbocycles. The third kappa shape index (κ3) is 4.97. The maximum Gasteiger partial charge on any atom is 0.238 e. The summed E-state index contributed by atoms with van der Waals surface area (Å²) in [6, 6.07) is 17.3. The van der Waals surface area contributed by atoms with Gasteiger partial charge < -0.3 is 16.9 Å². The van der Waals surface area contributed by atoms with E-state index in [4.69, 9.17) is 16.6 Å². The number of sulfonamides is 1. The van der Waals surface area contributed by atoms with E-state index in [0.717, 1.165) is 5.69 Å². The number of hydrazine groups is 2. The average molecular weight is 414 g/mol. The normalized spacial score (nSPS) is 11.0. The fourth-order valence-electron chi connectivity index (χ4n) is 2.50. The van der Waals surface area contributed by atoms with Crippen molar-refractivity contribution in [3.05, 3.63) is 60.7 Å². The van der Waals surface area contributed by atoms with Crippen LogP contribution in [0.4, 0.5) is 34.4 Å². The summed E-state index contributed by atoms with van der Waals surface area (Å²) in [6.45, 7) is 0. The standard InChI is InChI=1S/C18H22N8O2S/c1-26(13-5-3-2-4-6-13)25-16-11-15(17(19)22-18(16)20)24-23-12-7-9-14(10-8-12)29(21,27)28/h2-11,23-25H,1H3,(H4,19,20,22)(H2,21,27,28). The van der Waals surface area contributed by atoms with Gasteiger partial charge in [-0.2, -0.15) is 0 Å². The average Bonchev–Trinajstić information content (AvgIpc) is 2.69. The first kappa shape index (κ1) is 20.0. The number of anilines is 6. The van der Waals surface area contributed by atoms with Crippen LogP contribution in [0.1, 0.15) is 0 Å². The number of pyridine rings is 1. The van der Waals surface area contributed by atoms with Crippen molar-refractivity contribution in [2.75, 3.05) is 39.8 Å². The van der Waals surface area contributed by atoms with Gasteiger partial charge in [0.2, 0.25) is 10.0 Å². The van der Waals surface area contributed by atoms with Crippen LogP contribution in [0.25, 0.3) is 0 Å². The molecular weight excluding hydrogens is 392 g/mol. The highest BCUT2D eigenvalue weighted by atomic mass is 32.2. The first-order valence-electron chi connectivity index (χ1n) is 8.50. The number of benzene rings is 2. The second kappa shape index (κ2) is 8.12. The Labute approximate surface area is 168 Å². The van der Waals surface area contributed by atoms with Gasteiger partial charge in [-0.1, -0.05) is 18.2 Å². The predicted molar refractivity (Wildman–Crippen MR) is 117 cm³/mol. The number of para-hydroxylation sites is 1. The van der Waals surface area contributed by atoms with Crippen molar-refractivity contribution < 1.29 is 8.42 Å². The molecule has 0 amide bonds. The summed E-state index contributed by atoms with van der Waals surface area (Å²) in [7, 11) is -1.89. The quantitative estimate of drug-likeness (QED) is 0.316. The van der Waals surface area contributed by atoms with E-state index in [0.29, 0.717) is 17.1 Å². The maximum atomic E-state index is 11.3. The third-order valence-corrected chi connectivity index (χ3v) is 4.97. The Kier molecular flexibility index (Phi) is 5.61. The molecule has 1 heterocycles. The van der Waals surface area contributed by atoms with Crippen LogP contribution in [0.5, 0.6) is 0 Å². The van der Waals surface area contributed by atoms with Crippen molar-refractivity contribution in [1.29, 1.82) is 0 Å². The van der Waals surface area contributed by atoms with Crippen LogP contribution in [0.2, 0.25) is 0 Å². The van der Waals surface area contributed by atoms with Crippen molar-refractivity contribution in [3.63, 3.8) is 0 Å². The summed E-state index contributed by atoms with van der Waals surface area (Å²) in [5.74, 6) is 0.442. The molecule has 0 saturated heterocycles. The number of nitrogen functional groups attached to an aromatic ring is 2. The van der Waals surface area contributed by atoms with Crippen LogP contribution in [0.3, 0.4) is 0 Å². The van der Waals surface area contributed by atoms with Gasteiger partial charge in [0.15, 0.2) is 11.6 Å². The van der Waals surface area contributed by atoms with Gasteiger partial charge in [-0.25, -0.2) is 18.5 Å². The summed E-state index contributed by atoms with van der Waals surface area (Å²) in [5, 5.41) is 6.89. The zero-order valence-corrected chi connectivity index (χ0v) is 16.4. The lowest BCUT2D eigenvalue weighted by Crippen LogP contribution is -2.25. The van der Waals surface area contributed by atoms with E-state index < -0.39 is 10.0 Å². The Hall–Kier alpha value is -3.70. The van der Waals surface area contributed by atoms with Crippen molar-refractivity contribution in [2.24, 2.45) is 5.14 Å². The van der Waals surface area contributed by atoms with Gasteiger partial charge in [0.1, 0.15) is 0 Å². The monoisotopic (exact) mass is 414 g/mol. The Bertz CT molecular complexity index is 1090. The summed E-state index contributed by atoms with van der Waals surface area (Å²) >= 11 is 0. The molecule has 0 unspecified atom stereocenters. The van der Waals surface area contributed by atoms with Gasteiger partial charge in [-0.3, -0.25) is 15.9 Å². The highest BCUT2D eigenvalue weighted by molar-refractivity contribution is 7.89. The van der Waals surface area contributed by atoms with Crippen molar-refractivity contribution in [2.45, 2.75) is 4.90 Å². The van der Waals surface area contributed by atoms with Crippen LogP contribution < -0.4 is 37.9 Å². The van der Waals surface area contributed by atoms with E-state index in [1.165, 1.54) is 12.1 Å². The number of hydrogen-bond donors (Lipinski definition) is 6. The number of hydrogen-bond acceptors (Lipinski definition) is 9. The molecule has 3 aromatic rings. The van der Waals surface area contributed by atoms with E-state index in [9.17, 15) is 8.42 Å². The number of aromatic nitrogens is 1. The molecule has 0 aliphatic carbocycles. The highest BCUT2D eigenvalue weighted by Crippen LogP contribution is 2.27. The van der Waals surface area contributed by atoms with Crippen molar-refractivity contribution in [1.82, 2.24) is 4.98 Å². The van der Waals surface area contributed by atoms with Crippen molar-refractivity contribution in [3.8, 4) is 0 Å². The molecule has 0 spiro atoms. The Morgan fingerprint density at radius 1 is 0.897 bits per heavy atom. The number of primary sulfonamides is 1.